The lowest BCUT2D eigenvalue weighted by molar-refractivity contribution is -0.186. The minimum absolute atomic E-state index is 0.289. The van der Waals surface area contributed by atoms with Crippen molar-refractivity contribution in [3.05, 3.63) is 48.6 Å². The highest BCUT2D eigenvalue weighted by Gasteiger charge is 2.58. The Morgan fingerprint density at radius 3 is 1.31 bits per heavy atom. The predicted molar refractivity (Wildman–Crippen MR) is 222 cm³/mol. The minimum atomic E-state index is -0.289. The number of allylic oxidation sites excluding steroid dienone is 8. The lowest BCUT2D eigenvalue weighted by atomic mass is 9.66. The normalized spacial score (nSPS) is 28.3. The largest absolute Gasteiger partial charge is 0.344 e. The highest BCUT2D eigenvalue weighted by molar-refractivity contribution is 5.06. The number of hydrogen-bond acceptors (Lipinski definition) is 2. The molecule has 1 heterocycles. The first-order valence-electron chi connectivity index (χ1n) is 23.1. The van der Waals surface area contributed by atoms with Gasteiger partial charge in [-0.1, -0.05) is 146 Å². The molecule has 2 heteroatoms. The Balaban J connectivity index is 1.09. The van der Waals surface area contributed by atoms with E-state index in [-0.39, 0.29) is 5.79 Å². The first-order chi connectivity index (χ1) is 25.2. The Labute approximate surface area is 318 Å². The van der Waals surface area contributed by atoms with Crippen LogP contribution in [0, 0.1) is 29.6 Å². The van der Waals surface area contributed by atoms with Gasteiger partial charge in [0.25, 0.3) is 0 Å². The lowest BCUT2D eigenvalue weighted by Gasteiger charge is -2.41. The molecule has 1 aliphatic heterocycles. The van der Waals surface area contributed by atoms with Gasteiger partial charge in [0, 0.05) is 12.8 Å². The molecule has 51 heavy (non-hydrogen) atoms. The van der Waals surface area contributed by atoms with E-state index in [1.165, 1.54) is 167 Å². The van der Waals surface area contributed by atoms with Gasteiger partial charge in [0.2, 0.25) is 0 Å². The van der Waals surface area contributed by atoms with E-state index in [1.54, 1.807) is 0 Å². The van der Waals surface area contributed by atoms with Crippen molar-refractivity contribution in [3.63, 3.8) is 0 Å². The van der Waals surface area contributed by atoms with Gasteiger partial charge in [0.1, 0.15) is 0 Å². The van der Waals surface area contributed by atoms with E-state index in [1.807, 2.05) is 0 Å². The van der Waals surface area contributed by atoms with Crippen LogP contribution in [0.4, 0.5) is 0 Å². The van der Waals surface area contributed by atoms with Crippen LogP contribution in [0.25, 0.3) is 0 Å². The summed E-state index contributed by atoms with van der Waals surface area (Å²) in [5.41, 5.74) is 0. The quantitative estimate of drug-likeness (QED) is 0.0547. The van der Waals surface area contributed by atoms with Crippen molar-refractivity contribution in [3.8, 4) is 0 Å². The van der Waals surface area contributed by atoms with Gasteiger partial charge < -0.3 is 9.47 Å². The molecule has 0 amide bonds. The average molecular weight is 705 g/mol. The van der Waals surface area contributed by atoms with Crippen LogP contribution in [0.2, 0.25) is 0 Å². The van der Waals surface area contributed by atoms with Crippen molar-refractivity contribution in [2.75, 3.05) is 0 Å². The summed E-state index contributed by atoms with van der Waals surface area (Å²) in [6.45, 7) is 7.08. The molecule has 4 fully saturated rings. The SMILES string of the molecule is CCCCC/C=C\C/C=C\CCCCCCCCC1(CCCCCCCC/C=C\C/C=C\CCCCC)O[C@H]2CC3C(C[C@H]2O1)C1CC3[C@H](C)C1. The Bertz CT molecular complexity index is 942. The van der Waals surface area contributed by atoms with Crippen LogP contribution < -0.4 is 0 Å². The van der Waals surface area contributed by atoms with E-state index in [0.29, 0.717) is 12.2 Å². The second-order valence-corrected chi connectivity index (χ2v) is 17.6. The lowest BCUT2D eigenvalue weighted by Crippen LogP contribution is -2.41. The van der Waals surface area contributed by atoms with E-state index < -0.39 is 0 Å². The predicted octanol–water partition coefficient (Wildman–Crippen LogP) is 15.6. The summed E-state index contributed by atoms with van der Waals surface area (Å²) in [4.78, 5) is 0. The second-order valence-electron chi connectivity index (χ2n) is 17.6. The molecule has 4 aliphatic rings. The number of unbranched alkanes of at least 4 members (excludes halogenated alkanes) is 18. The maximum absolute atomic E-state index is 7.11. The third kappa shape index (κ3) is 15.6. The van der Waals surface area contributed by atoms with Gasteiger partial charge in [0.05, 0.1) is 12.2 Å². The number of rotatable bonds is 30. The topological polar surface area (TPSA) is 18.5 Å². The van der Waals surface area contributed by atoms with Gasteiger partial charge in [0.15, 0.2) is 5.79 Å². The summed E-state index contributed by atoms with van der Waals surface area (Å²) in [6, 6.07) is 0. The van der Waals surface area contributed by atoms with Gasteiger partial charge in [-0.15, -0.1) is 0 Å². The van der Waals surface area contributed by atoms with Crippen LogP contribution in [0.3, 0.4) is 0 Å². The van der Waals surface area contributed by atoms with Crippen molar-refractivity contribution >= 4 is 0 Å². The molecule has 3 saturated carbocycles. The van der Waals surface area contributed by atoms with Crippen LogP contribution in [-0.4, -0.2) is 18.0 Å². The van der Waals surface area contributed by atoms with Crippen LogP contribution in [0.1, 0.15) is 213 Å². The summed E-state index contributed by atoms with van der Waals surface area (Å²) in [7, 11) is 0. The van der Waals surface area contributed by atoms with Crippen molar-refractivity contribution in [1.82, 2.24) is 0 Å². The fourth-order valence-corrected chi connectivity index (χ4v) is 10.5. The van der Waals surface area contributed by atoms with Crippen molar-refractivity contribution in [2.24, 2.45) is 29.6 Å². The van der Waals surface area contributed by atoms with E-state index in [9.17, 15) is 0 Å². The molecule has 0 radical (unpaired) electrons. The molecule has 0 aromatic carbocycles. The van der Waals surface area contributed by atoms with Crippen molar-refractivity contribution in [2.45, 2.75) is 231 Å². The van der Waals surface area contributed by atoms with Crippen molar-refractivity contribution in [1.29, 1.82) is 0 Å². The van der Waals surface area contributed by atoms with E-state index in [0.717, 1.165) is 55.3 Å². The van der Waals surface area contributed by atoms with Gasteiger partial charge in [-0.05, 0) is 132 Å². The maximum atomic E-state index is 7.11. The van der Waals surface area contributed by atoms with Crippen LogP contribution in [0.15, 0.2) is 48.6 Å². The molecule has 2 bridgehead atoms. The Morgan fingerprint density at radius 2 is 0.843 bits per heavy atom. The smallest absolute Gasteiger partial charge is 0.169 e. The molecule has 0 spiro atoms. The van der Waals surface area contributed by atoms with Gasteiger partial charge in [-0.2, -0.15) is 0 Å². The van der Waals surface area contributed by atoms with Crippen LogP contribution >= 0.6 is 0 Å². The summed E-state index contributed by atoms with van der Waals surface area (Å²) < 4.78 is 14.2. The first-order valence-corrected chi connectivity index (χ1v) is 23.1. The molecule has 0 N–H and O–H groups in total. The maximum Gasteiger partial charge on any atom is 0.169 e. The van der Waals surface area contributed by atoms with Gasteiger partial charge >= 0.3 is 0 Å². The average Bonchev–Trinajstić information content (AvgIpc) is 3.80. The van der Waals surface area contributed by atoms with Crippen molar-refractivity contribution < 1.29 is 9.47 Å². The number of fused-ring (bicyclic) bond motifs is 6. The standard InChI is InChI=1S/C49H84O2/c1-4-6-8-10-12-14-16-18-20-22-24-26-28-30-32-34-36-49(37-35-33-31-29-27-25-23-21-19-17-15-13-11-9-7-5-2)50-47-40-45-43-38-42(3)44(39-43)46(45)41-48(47)51-49/h12-15,18-21,42-48H,4-11,16-17,22-41H2,1-3H3/b14-12-,15-13-,20-18-,21-19-/t42-,43?,44?,45?,46?,47-,48+/m1/s1. The minimum Gasteiger partial charge on any atom is -0.344 e. The van der Waals surface area contributed by atoms with Crippen LogP contribution in [-0.2, 0) is 9.47 Å². The summed E-state index contributed by atoms with van der Waals surface area (Å²) >= 11 is 0. The summed E-state index contributed by atoms with van der Waals surface area (Å²) in [5, 5.41) is 0. The Kier molecular flexibility index (Phi) is 21.6. The Morgan fingerprint density at radius 1 is 0.431 bits per heavy atom. The van der Waals surface area contributed by atoms with Crippen LogP contribution in [0.5, 0.6) is 0 Å². The molecule has 4 unspecified atom stereocenters. The van der Waals surface area contributed by atoms with E-state index in [4.69, 9.17) is 9.47 Å². The zero-order valence-electron chi connectivity index (χ0n) is 34.2. The summed E-state index contributed by atoms with van der Waals surface area (Å²) in [5.74, 6) is 4.45. The molecule has 0 aromatic rings. The van der Waals surface area contributed by atoms with E-state index in [2.05, 4.69) is 69.4 Å². The third-order valence-electron chi connectivity index (χ3n) is 13.4. The molecule has 4 rings (SSSR count). The molecule has 7 atom stereocenters. The molecular formula is C49H84O2. The highest BCUT2D eigenvalue weighted by atomic mass is 16.8. The number of ether oxygens (including phenoxy) is 2. The third-order valence-corrected chi connectivity index (χ3v) is 13.4. The monoisotopic (exact) mass is 705 g/mol. The second kappa shape index (κ2) is 25.8. The highest BCUT2D eigenvalue weighted by Crippen LogP contribution is 2.61. The van der Waals surface area contributed by atoms with E-state index >= 15 is 0 Å². The molecule has 0 aromatic heterocycles. The fraction of sp³-hybridized carbons (Fsp3) is 0.837. The molecule has 292 valence electrons. The van der Waals surface area contributed by atoms with Gasteiger partial charge in [-0.3, -0.25) is 0 Å². The molecule has 3 aliphatic carbocycles. The zero-order chi connectivity index (χ0) is 35.8. The molecule has 1 saturated heterocycles. The molecular weight excluding hydrogens is 621 g/mol. The zero-order valence-corrected chi connectivity index (χ0v) is 34.2. The number of hydrogen-bond donors (Lipinski definition) is 0. The summed E-state index contributed by atoms with van der Waals surface area (Å²) in [6.07, 6.45) is 58.8. The Hall–Kier alpha value is -1.12. The van der Waals surface area contributed by atoms with Gasteiger partial charge in [-0.25, -0.2) is 0 Å². The fourth-order valence-electron chi connectivity index (χ4n) is 10.5. The first kappa shape index (κ1) is 42.6. The molecule has 2 nitrogen and oxygen atoms in total.